The summed E-state index contributed by atoms with van der Waals surface area (Å²) < 4.78 is 12.5. The van der Waals surface area contributed by atoms with Gasteiger partial charge in [0, 0.05) is 38.2 Å². The Bertz CT molecular complexity index is 3590. The molecule has 0 aliphatic carbocycles. The summed E-state index contributed by atoms with van der Waals surface area (Å²) in [5.41, 5.74) is 15.2. The second-order valence-electron chi connectivity index (χ2n) is 15.6. The number of furan rings is 2. The number of para-hydroxylation sites is 1. The molecule has 290 valence electrons. The SMILES string of the molecule is c1ccc(-c2ccc(-c3nc(-c4ccc(-c5ccc(-c6ccc7oc8cc9c(cc8c7c6)oc6ccccc69)cc5)cc4)nc(-c4ccccc4-c4ccccc4)n3)cc2)cc1. The molecule has 0 radical (unpaired) electrons. The van der Waals surface area contributed by atoms with Crippen molar-refractivity contribution in [2.75, 3.05) is 0 Å². The average Bonchev–Trinajstić information content (AvgIpc) is 3.90. The van der Waals surface area contributed by atoms with Crippen molar-refractivity contribution in [3.8, 4) is 78.7 Å². The molecule has 12 rings (SSSR count). The van der Waals surface area contributed by atoms with Crippen LogP contribution in [0, 0.1) is 0 Å². The first-order valence-electron chi connectivity index (χ1n) is 20.7. The van der Waals surface area contributed by atoms with E-state index in [1.54, 1.807) is 0 Å². The predicted octanol–water partition coefficient (Wildman–Crippen LogP) is 15.3. The third-order valence-corrected chi connectivity index (χ3v) is 11.8. The number of rotatable bonds is 7. The minimum absolute atomic E-state index is 0.616. The standard InChI is InChI=1S/C57H35N3O2/c1-3-11-36(12-4-1)37-23-27-42(28-24-37)55-58-56(60-57(59-55)47-17-8-7-15-45(47)41-13-5-2-6-14-41)43-29-25-39(26-30-43)38-19-21-40(22-20-38)44-31-32-52-48(33-44)50-35-53-49(34-54(50)62-52)46-16-9-10-18-51(46)61-53/h1-35H. The Morgan fingerprint density at radius 3 is 1.21 bits per heavy atom. The van der Waals surface area contributed by atoms with Crippen molar-refractivity contribution in [3.05, 3.63) is 212 Å². The first-order chi connectivity index (χ1) is 30.7. The van der Waals surface area contributed by atoms with Crippen LogP contribution in [0.3, 0.4) is 0 Å². The van der Waals surface area contributed by atoms with Gasteiger partial charge in [0.15, 0.2) is 17.5 Å². The average molecular weight is 794 g/mol. The van der Waals surface area contributed by atoms with Gasteiger partial charge in [0.25, 0.3) is 0 Å². The minimum Gasteiger partial charge on any atom is -0.456 e. The van der Waals surface area contributed by atoms with E-state index in [9.17, 15) is 0 Å². The molecule has 0 atom stereocenters. The van der Waals surface area contributed by atoms with Gasteiger partial charge in [-0.15, -0.1) is 0 Å². The van der Waals surface area contributed by atoms with Crippen LogP contribution in [-0.2, 0) is 0 Å². The second-order valence-corrected chi connectivity index (χ2v) is 15.6. The topological polar surface area (TPSA) is 65.0 Å². The Kier molecular flexibility index (Phi) is 8.42. The highest BCUT2D eigenvalue weighted by molar-refractivity contribution is 6.15. The summed E-state index contributed by atoms with van der Waals surface area (Å²) in [4.78, 5) is 15.3. The van der Waals surface area contributed by atoms with Crippen LogP contribution in [0.5, 0.6) is 0 Å². The largest absolute Gasteiger partial charge is 0.456 e. The maximum atomic E-state index is 6.34. The van der Waals surface area contributed by atoms with E-state index in [-0.39, 0.29) is 0 Å². The zero-order chi connectivity index (χ0) is 41.0. The van der Waals surface area contributed by atoms with Crippen molar-refractivity contribution in [2.24, 2.45) is 0 Å². The molecule has 12 aromatic rings. The van der Waals surface area contributed by atoms with Crippen LogP contribution in [0.25, 0.3) is 123 Å². The molecule has 0 saturated heterocycles. The van der Waals surface area contributed by atoms with E-state index < -0.39 is 0 Å². The second kappa shape index (κ2) is 14.7. The third kappa shape index (κ3) is 6.32. The molecule has 9 aromatic carbocycles. The first kappa shape index (κ1) is 35.5. The maximum absolute atomic E-state index is 6.34. The summed E-state index contributed by atoms with van der Waals surface area (Å²) in [5, 5.41) is 4.27. The fourth-order valence-corrected chi connectivity index (χ4v) is 8.59. The zero-order valence-corrected chi connectivity index (χ0v) is 33.4. The molecule has 0 aliphatic heterocycles. The van der Waals surface area contributed by atoms with Gasteiger partial charge >= 0.3 is 0 Å². The van der Waals surface area contributed by atoms with E-state index in [1.165, 1.54) is 0 Å². The van der Waals surface area contributed by atoms with Crippen molar-refractivity contribution >= 4 is 43.9 Å². The molecule has 62 heavy (non-hydrogen) atoms. The van der Waals surface area contributed by atoms with Crippen molar-refractivity contribution in [2.45, 2.75) is 0 Å². The summed E-state index contributed by atoms with van der Waals surface area (Å²) >= 11 is 0. The van der Waals surface area contributed by atoms with Gasteiger partial charge in [-0.2, -0.15) is 0 Å². The van der Waals surface area contributed by atoms with Crippen molar-refractivity contribution in [1.29, 1.82) is 0 Å². The van der Waals surface area contributed by atoms with Crippen LogP contribution in [0.2, 0.25) is 0 Å². The molecule has 0 unspecified atom stereocenters. The maximum Gasteiger partial charge on any atom is 0.164 e. The molecule has 0 saturated carbocycles. The normalized spacial score (nSPS) is 11.5. The Labute approximate surface area is 357 Å². The quantitative estimate of drug-likeness (QED) is 0.161. The Balaban J connectivity index is 0.872. The molecular formula is C57H35N3O2. The van der Waals surface area contributed by atoms with E-state index in [4.69, 9.17) is 23.8 Å². The Morgan fingerprint density at radius 2 is 0.613 bits per heavy atom. The van der Waals surface area contributed by atoms with Gasteiger partial charge in [0.1, 0.15) is 22.3 Å². The Morgan fingerprint density at radius 1 is 0.226 bits per heavy atom. The molecule has 3 aromatic heterocycles. The zero-order valence-electron chi connectivity index (χ0n) is 33.4. The molecule has 0 spiro atoms. The van der Waals surface area contributed by atoms with Gasteiger partial charge in [-0.05, 0) is 74.8 Å². The van der Waals surface area contributed by atoms with Gasteiger partial charge in [0.05, 0.1) is 0 Å². The lowest BCUT2D eigenvalue weighted by Crippen LogP contribution is -2.01. The fraction of sp³-hybridized carbons (Fsp3) is 0. The van der Waals surface area contributed by atoms with Crippen LogP contribution in [0.15, 0.2) is 221 Å². The van der Waals surface area contributed by atoms with Gasteiger partial charge in [-0.1, -0.05) is 182 Å². The van der Waals surface area contributed by atoms with E-state index in [0.717, 1.165) is 105 Å². The van der Waals surface area contributed by atoms with E-state index in [2.05, 4.69) is 176 Å². The van der Waals surface area contributed by atoms with Crippen LogP contribution < -0.4 is 0 Å². The summed E-state index contributed by atoms with van der Waals surface area (Å²) in [6.07, 6.45) is 0. The van der Waals surface area contributed by atoms with Gasteiger partial charge in [-0.25, -0.2) is 15.0 Å². The summed E-state index contributed by atoms with van der Waals surface area (Å²) in [6, 6.07) is 73.5. The Hall–Kier alpha value is -8.41. The highest BCUT2D eigenvalue weighted by Crippen LogP contribution is 2.39. The van der Waals surface area contributed by atoms with Gasteiger partial charge < -0.3 is 8.83 Å². The van der Waals surface area contributed by atoms with Crippen molar-refractivity contribution < 1.29 is 8.83 Å². The number of fused-ring (bicyclic) bond motifs is 6. The first-order valence-corrected chi connectivity index (χ1v) is 20.7. The monoisotopic (exact) mass is 793 g/mol. The number of hydrogen-bond acceptors (Lipinski definition) is 5. The van der Waals surface area contributed by atoms with Crippen LogP contribution in [0.1, 0.15) is 0 Å². The number of benzene rings is 9. The molecule has 0 N–H and O–H groups in total. The van der Waals surface area contributed by atoms with Crippen LogP contribution in [-0.4, -0.2) is 15.0 Å². The molecular weight excluding hydrogens is 759 g/mol. The van der Waals surface area contributed by atoms with E-state index in [1.807, 2.05) is 36.4 Å². The third-order valence-electron chi connectivity index (χ3n) is 11.8. The van der Waals surface area contributed by atoms with Gasteiger partial charge in [-0.3, -0.25) is 0 Å². The summed E-state index contributed by atoms with van der Waals surface area (Å²) in [6.45, 7) is 0. The summed E-state index contributed by atoms with van der Waals surface area (Å²) in [7, 11) is 0. The summed E-state index contributed by atoms with van der Waals surface area (Å²) in [5.74, 6) is 1.86. The smallest absolute Gasteiger partial charge is 0.164 e. The van der Waals surface area contributed by atoms with Crippen molar-refractivity contribution in [3.63, 3.8) is 0 Å². The molecule has 0 bridgehead atoms. The van der Waals surface area contributed by atoms with Crippen LogP contribution in [0.4, 0.5) is 0 Å². The van der Waals surface area contributed by atoms with Gasteiger partial charge in [0.2, 0.25) is 0 Å². The molecule has 0 amide bonds. The molecule has 3 heterocycles. The molecule has 5 nitrogen and oxygen atoms in total. The molecule has 0 fully saturated rings. The lowest BCUT2D eigenvalue weighted by atomic mass is 9.98. The lowest BCUT2D eigenvalue weighted by Gasteiger charge is -2.12. The number of nitrogens with zero attached hydrogens (tertiary/aromatic N) is 3. The predicted molar refractivity (Wildman–Crippen MR) is 252 cm³/mol. The highest BCUT2D eigenvalue weighted by Gasteiger charge is 2.17. The van der Waals surface area contributed by atoms with E-state index in [0.29, 0.717) is 17.5 Å². The molecule has 0 aliphatic rings. The van der Waals surface area contributed by atoms with E-state index >= 15 is 0 Å². The lowest BCUT2D eigenvalue weighted by molar-refractivity contribution is 0.664. The molecule has 5 heteroatoms. The minimum atomic E-state index is 0.616. The number of aromatic nitrogens is 3. The highest BCUT2D eigenvalue weighted by atomic mass is 16.3. The van der Waals surface area contributed by atoms with Crippen molar-refractivity contribution in [1.82, 2.24) is 15.0 Å². The van der Waals surface area contributed by atoms with Crippen LogP contribution >= 0.6 is 0 Å². The number of hydrogen-bond donors (Lipinski definition) is 0. The fourth-order valence-electron chi connectivity index (χ4n) is 8.59.